The molecule has 12 aromatic rings. The van der Waals surface area contributed by atoms with E-state index in [1.165, 1.54) is 60.5 Å². The molecule has 360 valence electrons. The van der Waals surface area contributed by atoms with E-state index in [1.807, 2.05) is 0 Å². The van der Waals surface area contributed by atoms with E-state index in [0.29, 0.717) is 0 Å². The summed E-state index contributed by atoms with van der Waals surface area (Å²) in [5.41, 5.74) is 16.6. The summed E-state index contributed by atoms with van der Waals surface area (Å²) in [6.07, 6.45) is 2.59. The molecule has 0 fully saturated rings. The maximum absolute atomic E-state index is 2.59. The van der Waals surface area contributed by atoms with Crippen LogP contribution < -0.4 is 9.80 Å². The average Bonchev–Trinajstić information content (AvgIpc) is 3.68. The van der Waals surface area contributed by atoms with E-state index >= 15 is 0 Å². The van der Waals surface area contributed by atoms with Crippen LogP contribution >= 0.6 is 0 Å². The van der Waals surface area contributed by atoms with Gasteiger partial charge in [-0.05, 0) is 144 Å². The van der Waals surface area contributed by atoms with Gasteiger partial charge in [0.1, 0.15) is 0 Å². The molecule has 0 bridgehead atoms. The number of rotatable bonds is 12. The van der Waals surface area contributed by atoms with Gasteiger partial charge in [0.15, 0.2) is 0 Å². The Labute approximate surface area is 446 Å². The fraction of sp³-hybridized carbons (Fsp3) is 0.0270. The van der Waals surface area contributed by atoms with Crippen LogP contribution in [0.5, 0.6) is 0 Å². The Kier molecular flexibility index (Phi) is 12.3. The van der Waals surface area contributed by atoms with Gasteiger partial charge in [-0.25, -0.2) is 0 Å². The lowest BCUT2D eigenvalue weighted by Crippen LogP contribution is -2.39. The van der Waals surface area contributed by atoms with E-state index in [4.69, 9.17) is 0 Å². The maximum atomic E-state index is 2.59. The molecule has 0 aliphatic heterocycles. The van der Waals surface area contributed by atoms with Crippen molar-refractivity contribution in [3.63, 3.8) is 0 Å². The van der Waals surface area contributed by atoms with E-state index < -0.39 is 5.41 Å². The minimum absolute atomic E-state index is 0.150. The van der Waals surface area contributed by atoms with E-state index in [1.54, 1.807) is 0 Å². The Morgan fingerprint density at radius 3 is 1.13 bits per heavy atom. The molecule has 1 aliphatic rings. The molecule has 0 N–H and O–H groups in total. The number of hydrogen-bond donors (Lipinski definition) is 0. The Morgan fingerprint density at radius 2 is 0.632 bits per heavy atom. The zero-order chi connectivity index (χ0) is 50.7. The first kappa shape index (κ1) is 46.1. The lowest BCUT2D eigenvalue weighted by molar-refractivity contribution is 0.587. The molecule has 1 aliphatic carbocycles. The third-order valence-electron chi connectivity index (χ3n) is 15.3. The Bertz CT molecular complexity index is 4000. The Hall–Kier alpha value is -9.76. The predicted molar refractivity (Wildman–Crippen MR) is 321 cm³/mol. The summed E-state index contributed by atoms with van der Waals surface area (Å²) in [6.45, 7) is 0. The average molecular weight is 971 g/mol. The summed E-state index contributed by atoms with van der Waals surface area (Å²) in [6, 6.07) is 116. The lowest BCUT2D eigenvalue weighted by atomic mass is 9.54. The van der Waals surface area contributed by atoms with Gasteiger partial charge in [-0.15, -0.1) is 0 Å². The number of nitrogens with zero attached hydrogens (tertiary/aromatic N) is 2. The van der Waals surface area contributed by atoms with Crippen molar-refractivity contribution in [3.05, 3.63) is 355 Å². The molecule has 2 unspecified atom stereocenters. The molecule has 0 saturated heterocycles. The number of fused-ring (bicyclic) bond motifs is 2. The molecule has 13 rings (SSSR count). The molecule has 12 aromatic carbocycles. The van der Waals surface area contributed by atoms with Crippen molar-refractivity contribution in [2.24, 2.45) is 0 Å². The topological polar surface area (TPSA) is 6.48 Å². The number of anilines is 6. The van der Waals surface area contributed by atoms with Crippen LogP contribution in [0.4, 0.5) is 34.1 Å². The number of allylic oxidation sites excluding steroid dienone is 4. The third-order valence-corrected chi connectivity index (χ3v) is 15.3. The molecule has 0 spiro atoms. The van der Waals surface area contributed by atoms with Crippen molar-refractivity contribution in [1.82, 2.24) is 0 Å². The predicted octanol–water partition coefficient (Wildman–Crippen LogP) is 19.7. The van der Waals surface area contributed by atoms with Crippen LogP contribution in [-0.2, 0) is 5.41 Å². The van der Waals surface area contributed by atoms with E-state index in [9.17, 15) is 0 Å². The minimum atomic E-state index is -0.724. The molecule has 0 saturated carbocycles. The van der Waals surface area contributed by atoms with Gasteiger partial charge >= 0.3 is 0 Å². The van der Waals surface area contributed by atoms with Gasteiger partial charge in [-0.2, -0.15) is 0 Å². The smallest absolute Gasteiger partial charge is 0.0566 e. The zero-order valence-corrected chi connectivity index (χ0v) is 42.1. The molecule has 0 heterocycles. The molecule has 2 heteroatoms. The fourth-order valence-electron chi connectivity index (χ4n) is 11.9. The quantitative estimate of drug-likeness (QED) is 0.120. The summed E-state index contributed by atoms with van der Waals surface area (Å²) >= 11 is 0. The van der Waals surface area contributed by atoms with Crippen LogP contribution in [0.25, 0.3) is 38.3 Å². The SMILES string of the molecule is C1=C(c2ccc(N(c3ccccc3)c3ccc4ccccc4c3)cc2)C(c2ccccc2)=C(c2ccccc2)C(c2ccccc2)(c2ccc(N(c3ccccc3)c3ccc4ccccc4c3)cc2)C1c1ccccc1. The first-order chi connectivity index (χ1) is 37.7. The molecule has 76 heavy (non-hydrogen) atoms. The van der Waals surface area contributed by atoms with Crippen LogP contribution in [0.1, 0.15) is 39.3 Å². The summed E-state index contributed by atoms with van der Waals surface area (Å²) in [5.74, 6) is -0.150. The van der Waals surface area contributed by atoms with Crippen LogP contribution in [0.15, 0.2) is 322 Å². The fourth-order valence-corrected chi connectivity index (χ4v) is 11.9. The molecule has 0 amide bonds. The monoisotopic (exact) mass is 970 g/mol. The number of benzene rings is 12. The van der Waals surface area contributed by atoms with Crippen molar-refractivity contribution in [1.29, 1.82) is 0 Å². The lowest BCUT2D eigenvalue weighted by Gasteiger charge is -2.48. The van der Waals surface area contributed by atoms with Crippen molar-refractivity contribution >= 4 is 72.4 Å². The van der Waals surface area contributed by atoms with Crippen molar-refractivity contribution in [3.8, 4) is 0 Å². The van der Waals surface area contributed by atoms with Gasteiger partial charge in [0, 0.05) is 40.0 Å². The summed E-state index contributed by atoms with van der Waals surface area (Å²) < 4.78 is 0. The van der Waals surface area contributed by atoms with Crippen LogP contribution in [-0.4, -0.2) is 0 Å². The zero-order valence-electron chi connectivity index (χ0n) is 42.1. The maximum Gasteiger partial charge on any atom is 0.0566 e. The van der Waals surface area contributed by atoms with E-state index in [0.717, 1.165) is 45.3 Å². The molecule has 2 atom stereocenters. The largest absolute Gasteiger partial charge is 0.310 e. The molecular weight excluding hydrogens is 917 g/mol. The van der Waals surface area contributed by atoms with Crippen molar-refractivity contribution in [2.75, 3.05) is 9.80 Å². The molecular formula is C74H54N2. The highest BCUT2D eigenvalue weighted by Crippen LogP contribution is 2.62. The Morgan fingerprint density at radius 1 is 0.263 bits per heavy atom. The van der Waals surface area contributed by atoms with Gasteiger partial charge in [-0.1, -0.05) is 249 Å². The Balaban J connectivity index is 1.05. The van der Waals surface area contributed by atoms with Crippen molar-refractivity contribution < 1.29 is 0 Å². The van der Waals surface area contributed by atoms with Crippen LogP contribution in [0.2, 0.25) is 0 Å². The highest BCUT2D eigenvalue weighted by Gasteiger charge is 2.50. The summed E-state index contributed by atoms with van der Waals surface area (Å²) in [5, 5.41) is 4.85. The number of hydrogen-bond acceptors (Lipinski definition) is 2. The second kappa shape index (κ2) is 20.3. The third kappa shape index (κ3) is 8.46. The standard InChI is InChI=1S/C74H54N2/c1-7-25-57(26-8-1)71-53-70(56-41-45-66(46-42-56)75(64-35-15-5-16-36-64)68-47-39-54-23-19-21-31-60(54)51-68)72(58-27-9-2-10-28-58)73(59-29-11-3-12-30-59)74(71,62-33-13-4-14-34-62)63-43-49-67(50-44-63)76(65-37-17-6-18-38-65)69-48-40-55-24-20-22-32-61(55)52-69/h1-53,71H. The van der Waals surface area contributed by atoms with Gasteiger partial charge in [0.2, 0.25) is 0 Å². The van der Waals surface area contributed by atoms with E-state index in [2.05, 4.69) is 331 Å². The van der Waals surface area contributed by atoms with Crippen LogP contribution in [0, 0.1) is 0 Å². The highest BCUT2D eigenvalue weighted by atomic mass is 15.1. The molecule has 0 radical (unpaired) electrons. The first-order valence-corrected chi connectivity index (χ1v) is 26.3. The van der Waals surface area contributed by atoms with Gasteiger partial charge in [-0.3, -0.25) is 0 Å². The van der Waals surface area contributed by atoms with Gasteiger partial charge in [0.25, 0.3) is 0 Å². The molecule has 2 nitrogen and oxygen atoms in total. The number of para-hydroxylation sites is 2. The highest BCUT2D eigenvalue weighted by molar-refractivity contribution is 6.19. The van der Waals surface area contributed by atoms with Gasteiger partial charge in [0.05, 0.1) is 5.41 Å². The normalized spacial score (nSPS) is 15.3. The molecule has 0 aromatic heterocycles. The van der Waals surface area contributed by atoms with Crippen LogP contribution in [0.3, 0.4) is 0 Å². The van der Waals surface area contributed by atoms with Gasteiger partial charge < -0.3 is 9.80 Å². The second-order valence-electron chi connectivity index (χ2n) is 19.6. The summed E-state index contributed by atoms with van der Waals surface area (Å²) in [7, 11) is 0. The summed E-state index contributed by atoms with van der Waals surface area (Å²) in [4.78, 5) is 4.75. The van der Waals surface area contributed by atoms with Crippen molar-refractivity contribution in [2.45, 2.75) is 11.3 Å². The minimum Gasteiger partial charge on any atom is -0.310 e. The van der Waals surface area contributed by atoms with E-state index in [-0.39, 0.29) is 5.92 Å². The first-order valence-electron chi connectivity index (χ1n) is 26.3. The second-order valence-corrected chi connectivity index (χ2v) is 19.6.